The van der Waals surface area contributed by atoms with E-state index < -0.39 is 8.80 Å². The van der Waals surface area contributed by atoms with Crippen LogP contribution in [0.25, 0.3) is 0 Å². The third-order valence-corrected chi connectivity index (χ3v) is 6.30. The van der Waals surface area contributed by atoms with Crippen molar-refractivity contribution in [1.82, 2.24) is 0 Å². The SMILES string of the molecule is CO[Si](CC[N+](C)(CCCO)CCCO)(OC)OC. The first-order valence-electron chi connectivity index (χ1n) is 6.72. The van der Waals surface area contributed by atoms with Gasteiger partial charge in [-0.05, 0) is 0 Å². The summed E-state index contributed by atoms with van der Waals surface area (Å²) < 4.78 is 17.1. The van der Waals surface area contributed by atoms with Crippen molar-refractivity contribution in [2.45, 2.75) is 18.9 Å². The Morgan fingerprint density at radius 1 is 0.842 bits per heavy atom. The second kappa shape index (κ2) is 9.81. The van der Waals surface area contributed by atoms with Crippen molar-refractivity contribution < 1.29 is 28.0 Å². The summed E-state index contributed by atoms with van der Waals surface area (Å²) in [5.74, 6) is 0. The lowest BCUT2D eigenvalue weighted by Gasteiger charge is -2.36. The maximum Gasteiger partial charge on any atom is 0.505 e. The van der Waals surface area contributed by atoms with Crippen LogP contribution in [0.15, 0.2) is 0 Å². The van der Waals surface area contributed by atoms with Crippen LogP contribution in [0.1, 0.15) is 12.8 Å². The quantitative estimate of drug-likeness (QED) is 0.394. The second-order valence-electron chi connectivity index (χ2n) is 4.99. The van der Waals surface area contributed by atoms with Crippen LogP contribution in [0.4, 0.5) is 0 Å². The molecule has 19 heavy (non-hydrogen) atoms. The van der Waals surface area contributed by atoms with Crippen LogP contribution in [0.3, 0.4) is 0 Å². The zero-order valence-electron chi connectivity index (χ0n) is 12.7. The molecule has 0 heterocycles. The first kappa shape index (κ1) is 19.0. The van der Waals surface area contributed by atoms with Crippen molar-refractivity contribution in [2.75, 3.05) is 61.2 Å². The molecule has 0 aromatic heterocycles. The molecule has 0 bridgehead atoms. The van der Waals surface area contributed by atoms with E-state index in [9.17, 15) is 0 Å². The van der Waals surface area contributed by atoms with Crippen LogP contribution in [-0.2, 0) is 13.3 Å². The number of aliphatic hydroxyl groups is 2. The lowest BCUT2D eigenvalue weighted by molar-refractivity contribution is -0.908. The number of hydrogen-bond acceptors (Lipinski definition) is 5. The van der Waals surface area contributed by atoms with E-state index in [1.54, 1.807) is 21.3 Å². The molecule has 7 heteroatoms. The fourth-order valence-corrected chi connectivity index (χ4v) is 4.13. The summed E-state index contributed by atoms with van der Waals surface area (Å²) in [7, 11) is 4.43. The molecule has 0 aliphatic rings. The average Bonchev–Trinajstić information content (AvgIpc) is 2.45. The second-order valence-corrected chi connectivity index (χ2v) is 8.08. The molecular formula is C12H30NO5Si+. The van der Waals surface area contributed by atoms with Crippen molar-refractivity contribution in [1.29, 1.82) is 0 Å². The largest absolute Gasteiger partial charge is 0.505 e. The van der Waals surface area contributed by atoms with Gasteiger partial charge in [-0.25, -0.2) is 0 Å². The van der Waals surface area contributed by atoms with Gasteiger partial charge in [0.2, 0.25) is 0 Å². The van der Waals surface area contributed by atoms with E-state index in [1.165, 1.54) is 0 Å². The van der Waals surface area contributed by atoms with Gasteiger partial charge in [0.05, 0.1) is 32.7 Å². The molecule has 0 spiro atoms. The Hall–Kier alpha value is -0.0231. The van der Waals surface area contributed by atoms with Gasteiger partial charge in [0.1, 0.15) is 0 Å². The van der Waals surface area contributed by atoms with Crippen molar-refractivity contribution in [2.24, 2.45) is 0 Å². The van der Waals surface area contributed by atoms with E-state index in [-0.39, 0.29) is 13.2 Å². The summed E-state index contributed by atoms with van der Waals surface area (Å²) in [5, 5.41) is 18.0. The summed E-state index contributed by atoms with van der Waals surface area (Å²) >= 11 is 0. The molecule has 0 saturated heterocycles. The monoisotopic (exact) mass is 296 g/mol. The number of aliphatic hydroxyl groups excluding tert-OH is 2. The summed E-state index contributed by atoms with van der Waals surface area (Å²) in [4.78, 5) is 0. The van der Waals surface area contributed by atoms with Gasteiger partial charge in [0, 0.05) is 47.4 Å². The first-order valence-corrected chi connectivity index (χ1v) is 8.65. The fraction of sp³-hybridized carbons (Fsp3) is 1.00. The Bertz CT molecular complexity index is 210. The topological polar surface area (TPSA) is 68.2 Å². The number of nitrogens with zero attached hydrogens (tertiary/aromatic N) is 1. The summed E-state index contributed by atoms with van der Waals surface area (Å²) in [6.07, 6.45) is 1.51. The Labute approximate surface area is 117 Å². The van der Waals surface area contributed by atoms with Gasteiger partial charge >= 0.3 is 8.80 Å². The van der Waals surface area contributed by atoms with Gasteiger partial charge in [0.15, 0.2) is 0 Å². The van der Waals surface area contributed by atoms with Crippen LogP contribution in [0, 0.1) is 0 Å². The van der Waals surface area contributed by atoms with Gasteiger partial charge < -0.3 is 28.0 Å². The van der Waals surface area contributed by atoms with E-state index in [4.69, 9.17) is 23.5 Å². The van der Waals surface area contributed by atoms with Crippen LogP contribution in [0.2, 0.25) is 6.04 Å². The zero-order valence-corrected chi connectivity index (χ0v) is 13.7. The van der Waals surface area contributed by atoms with Gasteiger partial charge in [-0.1, -0.05) is 0 Å². The summed E-state index contributed by atoms with van der Waals surface area (Å²) in [6, 6.07) is 0.726. The van der Waals surface area contributed by atoms with Gasteiger partial charge in [-0.3, -0.25) is 0 Å². The third kappa shape index (κ3) is 6.80. The van der Waals surface area contributed by atoms with Crippen LogP contribution < -0.4 is 0 Å². The van der Waals surface area contributed by atoms with E-state index >= 15 is 0 Å². The summed E-state index contributed by atoms with van der Waals surface area (Å²) in [5.41, 5.74) is 0. The molecule has 6 nitrogen and oxygen atoms in total. The van der Waals surface area contributed by atoms with Gasteiger partial charge in [-0.2, -0.15) is 0 Å². The minimum atomic E-state index is -2.55. The molecule has 0 unspecified atom stereocenters. The predicted molar refractivity (Wildman–Crippen MR) is 75.8 cm³/mol. The number of quaternary nitrogens is 1. The zero-order chi connectivity index (χ0) is 14.8. The smallest absolute Gasteiger partial charge is 0.396 e. The molecule has 0 aromatic rings. The minimum absolute atomic E-state index is 0.189. The highest BCUT2D eigenvalue weighted by Crippen LogP contribution is 2.17. The van der Waals surface area contributed by atoms with Crippen LogP contribution >= 0.6 is 0 Å². The molecule has 0 atom stereocenters. The van der Waals surface area contributed by atoms with E-state index in [0.717, 1.165) is 43.0 Å². The predicted octanol–water partition coefficient (Wildman–Crippen LogP) is 0.0759. The highest BCUT2D eigenvalue weighted by molar-refractivity contribution is 6.60. The Balaban J connectivity index is 4.53. The van der Waals surface area contributed by atoms with Crippen molar-refractivity contribution >= 4 is 8.80 Å². The lowest BCUT2D eigenvalue weighted by atomic mass is 10.3. The maximum atomic E-state index is 9.00. The molecule has 0 amide bonds. The van der Waals surface area contributed by atoms with E-state index in [0.29, 0.717) is 0 Å². The highest BCUT2D eigenvalue weighted by Gasteiger charge is 2.40. The molecule has 0 rings (SSSR count). The van der Waals surface area contributed by atoms with Gasteiger partial charge in [0.25, 0.3) is 0 Å². The van der Waals surface area contributed by atoms with E-state index in [2.05, 4.69) is 7.05 Å². The standard InChI is InChI=1S/C12H30NO5Si/c1-13(7-5-10-14,8-6-11-15)9-12-19(16-2,17-3)18-4/h14-15H,5-12H2,1-4H3/q+1. The highest BCUT2D eigenvalue weighted by atomic mass is 28.4. The van der Waals surface area contributed by atoms with Crippen molar-refractivity contribution in [3.05, 3.63) is 0 Å². The number of hydrogen-bond donors (Lipinski definition) is 2. The third-order valence-electron chi connectivity index (χ3n) is 3.60. The molecule has 0 aliphatic heterocycles. The molecule has 0 aliphatic carbocycles. The lowest BCUT2D eigenvalue weighted by Crippen LogP contribution is -2.52. The average molecular weight is 296 g/mol. The molecule has 0 radical (unpaired) electrons. The Morgan fingerprint density at radius 2 is 1.26 bits per heavy atom. The molecule has 0 saturated carbocycles. The first-order chi connectivity index (χ1) is 9.01. The minimum Gasteiger partial charge on any atom is -0.396 e. The van der Waals surface area contributed by atoms with Gasteiger partial charge in [-0.15, -0.1) is 0 Å². The molecule has 0 aromatic carbocycles. The van der Waals surface area contributed by atoms with Crippen LogP contribution in [-0.4, -0.2) is 84.7 Å². The fourth-order valence-electron chi connectivity index (χ4n) is 2.20. The number of rotatable bonds is 12. The molecule has 2 N–H and O–H groups in total. The molecular weight excluding hydrogens is 266 g/mol. The van der Waals surface area contributed by atoms with Crippen molar-refractivity contribution in [3.63, 3.8) is 0 Å². The van der Waals surface area contributed by atoms with Crippen molar-refractivity contribution in [3.8, 4) is 0 Å². The van der Waals surface area contributed by atoms with E-state index in [1.807, 2.05) is 0 Å². The molecule has 116 valence electrons. The Morgan fingerprint density at radius 3 is 1.58 bits per heavy atom. The van der Waals surface area contributed by atoms with Crippen LogP contribution in [0.5, 0.6) is 0 Å². The normalized spacial score (nSPS) is 12.9. The Kier molecular flexibility index (Phi) is 9.80. The summed E-state index contributed by atoms with van der Waals surface area (Å²) in [6.45, 7) is 2.97. The maximum absolute atomic E-state index is 9.00. The molecule has 0 fully saturated rings.